The van der Waals surface area contributed by atoms with Crippen molar-refractivity contribution in [3.8, 4) is 0 Å². The number of unbranched alkanes of at least 4 members (excludes halogenated alkanes) is 1. The van der Waals surface area contributed by atoms with Gasteiger partial charge in [0.25, 0.3) is 0 Å². The molecule has 0 unspecified atom stereocenters. The Balaban J connectivity index is 0.00000441. The fraction of sp³-hybridized carbons (Fsp3) is 0.562. The van der Waals surface area contributed by atoms with Crippen LogP contribution in [0, 0.1) is 5.82 Å². The Morgan fingerprint density at radius 3 is 2.45 bits per heavy atom. The summed E-state index contributed by atoms with van der Waals surface area (Å²) in [4.78, 5) is 8.11. The van der Waals surface area contributed by atoms with E-state index in [2.05, 4.69) is 22.1 Å². The Labute approximate surface area is 150 Å². The van der Waals surface area contributed by atoms with Crippen molar-refractivity contribution in [3.63, 3.8) is 0 Å². The lowest BCUT2D eigenvalue weighted by Crippen LogP contribution is -2.38. The standard InChI is InChI=1S/C16H27FN4.HI/c1-6-7-10-21(5)16(18-2)19-12-13-8-9-15(20(3)4)14(17)11-13;/h8-9,11H,6-7,10,12H2,1-5H3,(H,18,19);1H. The second-order valence-electron chi connectivity index (χ2n) is 5.36. The number of benzene rings is 1. The van der Waals surface area contributed by atoms with Crippen LogP contribution in [-0.2, 0) is 6.54 Å². The minimum Gasteiger partial charge on any atom is -0.375 e. The normalized spacial score (nSPS) is 10.9. The van der Waals surface area contributed by atoms with Crippen LogP contribution in [0.15, 0.2) is 23.2 Å². The summed E-state index contributed by atoms with van der Waals surface area (Å²) in [5, 5.41) is 3.27. The number of guanidine groups is 1. The summed E-state index contributed by atoms with van der Waals surface area (Å²) >= 11 is 0. The Morgan fingerprint density at radius 2 is 1.95 bits per heavy atom. The molecule has 1 aromatic rings. The highest BCUT2D eigenvalue weighted by Crippen LogP contribution is 2.18. The van der Waals surface area contributed by atoms with Crippen LogP contribution in [0.25, 0.3) is 0 Å². The topological polar surface area (TPSA) is 30.9 Å². The van der Waals surface area contributed by atoms with Crippen LogP contribution in [0.1, 0.15) is 25.3 Å². The van der Waals surface area contributed by atoms with Gasteiger partial charge >= 0.3 is 0 Å². The molecule has 126 valence electrons. The maximum atomic E-state index is 13.9. The van der Waals surface area contributed by atoms with Crippen LogP contribution in [0.3, 0.4) is 0 Å². The van der Waals surface area contributed by atoms with Gasteiger partial charge in [-0.15, -0.1) is 24.0 Å². The molecule has 1 rings (SSSR count). The van der Waals surface area contributed by atoms with E-state index in [1.807, 2.05) is 27.2 Å². The summed E-state index contributed by atoms with van der Waals surface area (Å²) in [5.74, 6) is 0.633. The molecule has 0 fully saturated rings. The van der Waals surface area contributed by atoms with Crippen molar-refractivity contribution in [1.29, 1.82) is 0 Å². The zero-order valence-electron chi connectivity index (χ0n) is 14.2. The van der Waals surface area contributed by atoms with Gasteiger partial charge in [0.05, 0.1) is 5.69 Å². The van der Waals surface area contributed by atoms with E-state index in [1.54, 1.807) is 24.1 Å². The number of aliphatic imine (C=N–C) groups is 1. The van der Waals surface area contributed by atoms with Crippen LogP contribution in [-0.4, -0.2) is 45.6 Å². The van der Waals surface area contributed by atoms with Gasteiger partial charge in [0.1, 0.15) is 5.82 Å². The highest BCUT2D eigenvalue weighted by Gasteiger charge is 2.07. The van der Waals surface area contributed by atoms with Gasteiger partial charge in [-0.05, 0) is 24.1 Å². The summed E-state index contributed by atoms with van der Waals surface area (Å²) in [6, 6.07) is 5.31. The average molecular weight is 422 g/mol. The van der Waals surface area contributed by atoms with E-state index in [-0.39, 0.29) is 29.8 Å². The molecule has 0 bridgehead atoms. The summed E-state index contributed by atoms with van der Waals surface area (Å²) in [7, 11) is 7.45. The van der Waals surface area contributed by atoms with Crippen molar-refractivity contribution < 1.29 is 4.39 Å². The smallest absolute Gasteiger partial charge is 0.193 e. The van der Waals surface area contributed by atoms with E-state index in [0.717, 1.165) is 30.9 Å². The number of hydrogen-bond donors (Lipinski definition) is 1. The van der Waals surface area contributed by atoms with Gasteiger partial charge in [0.2, 0.25) is 0 Å². The van der Waals surface area contributed by atoms with Crippen molar-refractivity contribution in [2.45, 2.75) is 26.3 Å². The molecule has 0 aliphatic carbocycles. The number of nitrogens with zero attached hydrogens (tertiary/aromatic N) is 3. The molecule has 0 amide bonds. The molecule has 0 saturated carbocycles. The predicted molar refractivity (Wildman–Crippen MR) is 104 cm³/mol. The first-order valence-corrected chi connectivity index (χ1v) is 7.37. The molecule has 22 heavy (non-hydrogen) atoms. The van der Waals surface area contributed by atoms with E-state index < -0.39 is 0 Å². The molecule has 1 N–H and O–H groups in total. The summed E-state index contributed by atoms with van der Waals surface area (Å²) in [5.41, 5.74) is 1.51. The predicted octanol–water partition coefficient (Wildman–Crippen LogP) is 3.32. The van der Waals surface area contributed by atoms with Gasteiger partial charge in [0.15, 0.2) is 5.96 Å². The zero-order valence-corrected chi connectivity index (χ0v) is 16.5. The van der Waals surface area contributed by atoms with Crippen molar-refractivity contribution in [2.24, 2.45) is 4.99 Å². The molecule has 0 heterocycles. The van der Waals surface area contributed by atoms with Crippen molar-refractivity contribution >= 4 is 35.6 Å². The first kappa shape index (κ1) is 20.9. The summed E-state index contributed by atoms with van der Waals surface area (Å²) < 4.78 is 13.9. The summed E-state index contributed by atoms with van der Waals surface area (Å²) in [6.45, 7) is 3.69. The number of rotatable bonds is 6. The lowest BCUT2D eigenvalue weighted by Gasteiger charge is -2.22. The number of halogens is 2. The van der Waals surface area contributed by atoms with E-state index in [0.29, 0.717) is 12.2 Å². The van der Waals surface area contributed by atoms with Gasteiger partial charge in [-0.25, -0.2) is 4.39 Å². The van der Waals surface area contributed by atoms with E-state index >= 15 is 0 Å². The second-order valence-corrected chi connectivity index (χ2v) is 5.36. The molecule has 6 heteroatoms. The molecule has 1 aromatic carbocycles. The van der Waals surface area contributed by atoms with E-state index in [4.69, 9.17) is 0 Å². The SMILES string of the molecule is CCCCN(C)C(=NC)NCc1ccc(N(C)C)c(F)c1.I. The summed E-state index contributed by atoms with van der Waals surface area (Å²) in [6.07, 6.45) is 2.28. The molecule has 0 radical (unpaired) electrons. The molecule has 4 nitrogen and oxygen atoms in total. The van der Waals surface area contributed by atoms with Crippen molar-refractivity contribution in [1.82, 2.24) is 10.2 Å². The van der Waals surface area contributed by atoms with Crippen molar-refractivity contribution in [2.75, 3.05) is 39.6 Å². The van der Waals surface area contributed by atoms with Gasteiger partial charge < -0.3 is 15.1 Å². The van der Waals surface area contributed by atoms with Crippen LogP contribution < -0.4 is 10.2 Å². The fourth-order valence-electron chi connectivity index (χ4n) is 2.09. The van der Waals surface area contributed by atoms with Gasteiger partial charge in [0, 0.05) is 41.3 Å². The molecule has 0 aliphatic heterocycles. The average Bonchev–Trinajstić information content (AvgIpc) is 2.45. The third kappa shape index (κ3) is 6.37. The fourth-order valence-corrected chi connectivity index (χ4v) is 2.09. The second kappa shape index (κ2) is 10.6. The maximum absolute atomic E-state index is 13.9. The molecular formula is C16H28FIN4. The first-order valence-electron chi connectivity index (χ1n) is 7.37. The van der Waals surface area contributed by atoms with E-state index in [1.165, 1.54) is 0 Å². The van der Waals surface area contributed by atoms with Crippen molar-refractivity contribution in [3.05, 3.63) is 29.6 Å². The molecular weight excluding hydrogens is 394 g/mol. The molecule has 0 atom stereocenters. The minimum atomic E-state index is -0.200. The Kier molecular flexibility index (Phi) is 10.1. The largest absolute Gasteiger partial charge is 0.375 e. The minimum absolute atomic E-state index is 0. The molecule has 0 aromatic heterocycles. The quantitative estimate of drug-likeness (QED) is 0.434. The monoisotopic (exact) mass is 422 g/mol. The number of hydrogen-bond acceptors (Lipinski definition) is 2. The van der Waals surface area contributed by atoms with Crippen LogP contribution in [0.4, 0.5) is 10.1 Å². The Bertz CT molecular complexity index is 477. The third-order valence-electron chi connectivity index (χ3n) is 3.36. The van der Waals surface area contributed by atoms with Crippen LogP contribution in [0.2, 0.25) is 0 Å². The molecule has 0 saturated heterocycles. The molecule has 0 aliphatic rings. The zero-order chi connectivity index (χ0) is 15.8. The Hall–Kier alpha value is -1.05. The number of nitrogens with one attached hydrogen (secondary N) is 1. The van der Waals surface area contributed by atoms with Gasteiger partial charge in [-0.1, -0.05) is 19.4 Å². The van der Waals surface area contributed by atoms with Crippen LogP contribution >= 0.6 is 24.0 Å². The highest BCUT2D eigenvalue weighted by atomic mass is 127. The maximum Gasteiger partial charge on any atom is 0.193 e. The van der Waals surface area contributed by atoms with Gasteiger partial charge in [-0.3, -0.25) is 4.99 Å². The van der Waals surface area contributed by atoms with E-state index in [9.17, 15) is 4.39 Å². The Morgan fingerprint density at radius 1 is 1.27 bits per heavy atom. The lowest BCUT2D eigenvalue weighted by molar-refractivity contribution is 0.464. The molecule has 0 spiro atoms. The first-order chi connectivity index (χ1) is 9.99. The number of anilines is 1. The van der Waals surface area contributed by atoms with Gasteiger partial charge in [-0.2, -0.15) is 0 Å². The van der Waals surface area contributed by atoms with Crippen LogP contribution in [0.5, 0.6) is 0 Å². The highest BCUT2D eigenvalue weighted by molar-refractivity contribution is 14.0. The lowest BCUT2D eigenvalue weighted by atomic mass is 10.2. The third-order valence-corrected chi connectivity index (χ3v) is 3.36.